The first-order chi connectivity index (χ1) is 15.5. The topological polar surface area (TPSA) is 96.0 Å². The lowest BCUT2D eigenvalue weighted by atomic mass is 9.78. The van der Waals surface area contributed by atoms with Crippen LogP contribution in [0.2, 0.25) is 0 Å². The van der Waals surface area contributed by atoms with Crippen LogP contribution in [-0.2, 0) is 9.53 Å². The predicted molar refractivity (Wildman–Crippen MR) is 118 cm³/mol. The molecule has 32 heavy (non-hydrogen) atoms. The van der Waals surface area contributed by atoms with E-state index in [4.69, 9.17) is 18.9 Å². The third-order valence-electron chi connectivity index (χ3n) is 5.58. The number of methoxy groups -OCH3 is 2. The van der Waals surface area contributed by atoms with Crippen LogP contribution in [0.3, 0.4) is 0 Å². The Kier molecular flexibility index (Phi) is 7.92. The quantitative estimate of drug-likeness (QED) is 0.625. The van der Waals surface area contributed by atoms with E-state index in [0.717, 1.165) is 5.56 Å². The summed E-state index contributed by atoms with van der Waals surface area (Å²) in [5.41, 5.74) is 1.36. The summed E-state index contributed by atoms with van der Waals surface area (Å²) >= 11 is 0. The second kappa shape index (κ2) is 10.8. The summed E-state index contributed by atoms with van der Waals surface area (Å²) in [7, 11) is 3.08. The van der Waals surface area contributed by atoms with Crippen molar-refractivity contribution in [3.8, 4) is 17.4 Å². The number of carbonyl (C=O) groups excluding carboxylic acids is 2. The molecule has 8 nitrogen and oxygen atoms in total. The van der Waals surface area contributed by atoms with Crippen LogP contribution in [0.25, 0.3) is 0 Å². The SMILES string of the molecule is CCOc1cc([C@H]2C[C@H](OC(C)=O)CC[C@H]2NC(=O)c2cccnc2OC)ccc1OC. The van der Waals surface area contributed by atoms with Crippen LogP contribution in [0.1, 0.15) is 54.9 Å². The van der Waals surface area contributed by atoms with Crippen LogP contribution in [0.5, 0.6) is 17.4 Å². The van der Waals surface area contributed by atoms with Gasteiger partial charge in [-0.3, -0.25) is 9.59 Å². The Balaban J connectivity index is 1.89. The third-order valence-corrected chi connectivity index (χ3v) is 5.58. The van der Waals surface area contributed by atoms with Gasteiger partial charge < -0.3 is 24.3 Å². The van der Waals surface area contributed by atoms with Crippen molar-refractivity contribution in [2.75, 3.05) is 20.8 Å². The molecule has 1 saturated carbocycles. The zero-order chi connectivity index (χ0) is 23.1. The highest BCUT2D eigenvalue weighted by molar-refractivity contribution is 5.96. The van der Waals surface area contributed by atoms with Gasteiger partial charge in [-0.15, -0.1) is 0 Å². The van der Waals surface area contributed by atoms with E-state index in [0.29, 0.717) is 42.9 Å². The predicted octanol–water partition coefficient (Wildman–Crippen LogP) is 3.50. The molecule has 1 aromatic heterocycles. The Morgan fingerprint density at radius 3 is 2.62 bits per heavy atom. The number of carbonyl (C=O) groups is 2. The molecule has 0 radical (unpaired) electrons. The number of esters is 1. The molecule has 0 aliphatic heterocycles. The van der Waals surface area contributed by atoms with E-state index in [-0.39, 0.29) is 35.8 Å². The van der Waals surface area contributed by atoms with Crippen molar-refractivity contribution in [2.24, 2.45) is 0 Å². The molecule has 0 bridgehead atoms. The van der Waals surface area contributed by atoms with E-state index in [1.807, 2.05) is 25.1 Å². The number of pyridine rings is 1. The minimum absolute atomic E-state index is 0.0789. The average molecular weight is 443 g/mol. The number of nitrogens with zero attached hydrogens (tertiary/aromatic N) is 1. The van der Waals surface area contributed by atoms with Gasteiger partial charge in [0.1, 0.15) is 11.7 Å². The summed E-state index contributed by atoms with van der Waals surface area (Å²) in [5, 5.41) is 3.14. The summed E-state index contributed by atoms with van der Waals surface area (Å²) in [6, 6.07) is 8.98. The summed E-state index contributed by atoms with van der Waals surface area (Å²) in [6.45, 7) is 3.83. The maximum absolute atomic E-state index is 13.0. The molecule has 0 unspecified atom stereocenters. The Labute approximate surface area is 188 Å². The largest absolute Gasteiger partial charge is 0.493 e. The van der Waals surface area contributed by atoms with Gasteiger partial charge in [0.2, 0.25) is 5.88 Å². The standard InChI is InChI=1S/C24H30N2O6/c1-5-31-22-13-16(8-11-21(22)29-3)19-14-17(32-15(2)27)9-10-20(19)26-23(28)18-7-6-12-25-24(18)30-4/h6-8,11-13,17,19-20H,5,9-10,14H2,1-4H3,(H,26,28)/t17-,19-,20-/m1/s1. The summed E-state index contributed by atoms with van der Waals surface area (Å²) in [5.74, 6) is 0.920. The van der Waals surface area contributed by atoms with Crippen LogP contribution in [-0.4, -0.2) is 49.8 Å². The van der Waals surface area contributed by atoms with Crippen molar-refractivity contribution in [2.45, 2.75) is 51.2 Å². The van der Waals surface area contributed by atoms with Crippen LogP contribution >= 0.6 is 0 Å². The molecule has 1 aliphatic carbocycles. The summed E-state index contributed by atoms with van der Waals surface area (Å²) in [4.78, 5) is 28.7. The fourth-order valence-corrected chi connectivity index (χ4v) is 4.18. The molecule has 1 heterocycles. The number of benzene rings is 1. The Bertz CT molecular complexity index is 948. The molecule has 0 spiro atoms. The fourth-order valence-electron chi connectivity index (χ4n) is 4.18. The van der Waals surface area contributed by atoms with Crippen molar-refractivity contribution >= 4 is 11.9 Å². The van der Waals surface area contributed by atoms with Gasteiger partial charge in [-0.2, -0.15) is 0 Å². The van der Waals surface area contributed by atoms with Crippen molar-refractivity contribution < 1.29 is 28.5 Å². The highest BCUT2D eigenvalue weighted by Gasteiger charge is 2.35. The molecule has 1 aromatic carbocycles. The number of rotatable bonds is 8. The first-order valence-electron chi connectivity index (χ1n) is 10.7. The number of amides is 1. The van der Waals surface area contributed by atoms with Gasteiger partial charge in [-0.1, -0.05) is 6.07 Å². The monoisotopic (exact) mass is 442 g/mol. The number of hydrogen-bond donors (Lipinski definition) is 1. The maximum Gasteiger partial charge on any atom is 0.302 e. The van der Waals surface area contributed by atoms with Crippen molar-refractivity contribution in [3.05, 3.63) is 47.7 Å². The van der Waals surface area contributed by atoms with Crippen molar-refractivity contribution in [3.63, 3.8) is 0 Å². The van der Waals surface area contributed by atoms with Crippen LogP contribution < -0.4 is 19.5 Å². The molecule has 1 amide bonds. The third kappa shape index (κ3) is 5.49. The minimum atomic E-state index is -0.305. The highest BCUT2D eigenvalue weighted by atomic mass is 16.5. The Morgan fingerprint density at radius 2 is 1.94 bits per heavy atom. The molecule has 0 saturated heterocycles. The second-order valence-corrected chi connectivity index (χ2v) is 7.63. The second-order valence-electron chi connectivity index (χ2n) is 7.63. The zero-order valence-corrected chi connectivity index (χ0v) is 18.9. The van der Waals surface area contributed by atoms with Gasteiger partial charge in [-0.05, 0) is 56.0 Å². The molecule has 1 fully saturated rings. The summed E-state index contributed by atoms with van der Waals surface area (Å²) < 4.78 is 21.9. The molecule has 172 valence electrons. The summed E-state index contributed by atoms with van der Waals surface area (Å²) in [6.07, 6.45) is 3.28. The smallest absolute Gasteiger partial charge is 0.302 e. The number of aromatic nitrogens is 1. The molecule has 3 rings (SSSR count). The number of hydrogen-bond acceptors (Lipinski definition) is 7. The molecular formula is C24H30N2O6. The minimum Gasteiger partial charge on any atom is -0.493 e. The van der Waals surface area contributed by atoms with Gasteiger partial charge in [0.15, 0.2) is 11.5 Å². The zero-order valence-electron chi connectivity index (χ0n) is 18.9. The van der Waals surface area contributed by atoms with Crippen molar-refractivity contribution in [1.82, 2.24) is 10.3 Å². The Hall–Kier alpha value is -3.29. The van der Waals surface area contributed by atoms with Gasteiger partial charge in [-0.25, -0.2) is 4.98 Å². The lowest BCUT2D eigenvalue weighted by Crippen LogP contribution is -2.44. The first-order valence-corrected chi connectivity index (χ1v) is 10.7. The average Bonchev–Trinajstić information content (AvgIpc) is 2.79. The lowest BCUT2D eigenvalue weighted by Gasteiger charge is -2.36. The normalized spacial score (nSPS) is 20.2. The van der Waals surface area contributed by atoms with Crippen LogP contribution in [0.4, 0.5) is 0 Å². The number of nitrogens with one attached hydrogen (secondary N) is 1. The highest BCUT2D eigenvalue weighted by Crippen LogP contribution is 2.39. The fraction of sp³-hybridized carbons (Fsp3) is 0.458. The van der Waals surface area contributed by atoms with Crippen molar-refractivity contribution in [1.29, 1.82) is 0 Å². The van der Waals surface area contributed by atoms with E-state index in [2.05, 4.69) is 10.3 Å². The lowest BCUT2D eigenvalue weighted by molar-refractivity contribution is -0.148. The van der Waals surface area contributed by atoms with Gasteiger partial charge in [0, 0.05) is 25.1 Å². The van der Waals surface area contributed by atoms with E-state index >= 15 is 0 Å². The Morgan fingerprint density at radius 1 is 1.12 bits per heavy atom. The molecule has 8 heteroatoms. The molecular weight excluding hydrogens is 412 g/mol. The van der Waals surface area contributed by atoms with E-state index in [1.165, 1.54) is 14.0 Å². The maximum atomic E-state index is 13.0. The van der Waals surface area contributed by atoms with Gasteiger partial charge in [0.05, 0.1) is 20.8 Å². The molecule has 2 aromatic rings. The van der Waals surface area contributed by atoms with E-state index < -0.39 is 0 Å². The van der Waals surface area contributed by atoms with E-state index in [1.54, 1.807) is 25.4 Å². The van der Waals surface area contributed by atoms with E-state index in [9.17, 15) is 9.59 Å². The molecule has 3 atom stereocenters. The molecule has 1 N–H and O–H groups in total. The molecule has 1 aliphatic rings. The van der Waals surface area contributed by atoms with Crippen LogP contribution in [0, 0.1) is 0 Å². The van der Waals surface area contributed by atoms with Crippen LogP contribution in [0.15, 0.2) is 36.5 Å². The van der Waals surface area contributed by atoms with Gasteiger partial charge in [0.25, 0.3) is 5.91 Å². The number of ether oxygens (including phenoxy) is 4. The van der Waals surface area contributed by atoms with Gasteiger partial charge >= 0.3 is 5.97 Å². The first kappa shape index (κ1) is 23.4.